The van der Waals surface area contributed by atoms with Crippen molar-refractivity contribution >= 4 is 35.1 Å². The van der Waals surface area contributed by atoms with Gasteiger partial charge in [0.05, 0.1) is 218 Å². The van der Waals surface area contributed by atoms with Crippen LogP contribution in [0.4, 0.5) is 0 Å². The number of amides is 3. The molecular weight excluding hydrogens is 1170 g/mol. The van der Waals surface area contributed by atoms with Crippen LogP contribution in [0, 0.1) is 5.92 Å². The largest absolute Gasteiger partial charge is 0.382 e. The van der Waals surface area contributed by atoms with Crippen molar-refractivity contribution in [3.8, 4) is 0 Å². The lowest BCUT2D eigenvalue weighted by atomic mass is 10.0. The third-order valence-corrected chi connectivity index (χ3v) is 12.3. The molecular formula is C61H115N3O25. The summed E-state index contributed by atoms with van der Waals surface area (Å²) in [6, 6.07) is 0. The van der Waals surface area contributed by atoms with E-state index in [1.165, 1.54) is 0 Å². The van der Waals surface area contributed by atoms with Crippen LogP contribution in [0.1, 0.15) is 84.5 Å². The molecule has 89 heavy (non-hydrogen) atoms. The fourth-order valence-electron chi connectivity index (χ4n) is 7.32. The Morgan fingerprint density at radius 3 is 0.910 bits per heavy atom. The topological polar surface area (TPSA) is 314 Å². The number of ether oxygens (including phenoxy) is 19. The van der Waals surface area contributed by atoms with E-state index in [0.717, 1.165) is 0 Å². The van der Waals surface area contributed by atoms with Gasteiger partial charge < -0.3 is 106 Å². The number of hydrogen-bond acceptors (Lipinski definition) is 25. The number of nitrogens with one attached hydrogen (secondary N) is 3. The highest BCUT2D eigenvalue weighted by Crippen LogP contribution is 2.13. The molecule has 0 unspecified atom stereocenters. The number of Topliss-reactive ketones (excluding diaryl/α,β-unsaturated/α-hetero) is 3. The summed E-state index contributed by atoms with van der Waals surface area (Å²) >= 11 is 0. The van der Waals surface area contributed by atoms with Crippen molar-refractivity contribution in [1.82, 2.24) is 16.0 Å². The molecule has 0 aliphatic rings. The lowest BCUT2D eigenvalue weighted by Gasteiger charge is -2.34. The molecule has 0 atom stereocenters. The summed E-state index contributed by atoms with van der Waals surface area (Å²) in [6.45, 7) is 15.4. The molecule has 524 valence electrons. The van der Waals surface area contributed by atoms with Gasteiger partial charge in [-0.3, -0.25) is 28.8 Å². The van der Waals surface area contributed by atoms with Crippen LogP contribution in [0.15, 0.2) is 0 Å². The maximum atomic E-state index is 13.7. The number of methoxy groups -OCH3 is 3. The molecule has 0 rings (SSSR count). The quantitative estimate of drug-likeness (QED) is 0.0733. The van der Waals surface area contributed by atoms with Crippen molar-refractivity contribution < 1.29 is 119 Å². The van der Waals surface area contributed by atoms with Gasteiger partial charge in [-0.25, -0.2) is 0 Å². The first kappa shape index (κ1) is 85.7. The summed E-state index contributed by atoms with van der Waals surface area (Å²) in [7, 11) is 4.83. The minimum absolute atomic E-state index is 0.00704. The molecule has 0 saturated carbocycles. The summed E-state index contributed by atoms with van der Waals surface area (Å²) in [5.41, 5.74) is -1.30. The lowest BCUT2D eigenvalue weighted by molar-refractivity contribution is -0.131. The van der Waals surface area contributed by atoms with Gasteiger partial charge in [0.15, 0.2) is 0 Å². The highest BCUT2D eigenvalue weighted by molar-refractivity contribution is 5.81. The van der Waals surface area contributed by atoms with E-state index in [1.807, 2.05) is 13.8 Å². The van der Waals surface area contributed by atoms with Crippen molar-refractivity contribution in [3.05, 3.63) is 0 Å². The zero-order valence-corrected chi connectivity index (χ0v) is 54.7. The van der Waals surface area contributed by atoms with Crippen molar-refractivity contribution in [1.29, 1.82) is 0 Å². The molecule has 0 aliphatic carbocycles. The molecule has 0 aromatic carbocycles. The summed E-state index contributed by atoms with van der Waals surface area (Å²) < 4.78 is 105. The van der Waals surface area contributed by atoms with Crippen LogP contribution in [-0.2, 0) is 119 Å². The Hall–Kier alpha value is -3.34. The maximum Gasteiger partial charge on any atom is 0.222 e. The lowest BCUT2D eigenvalue weighted by Crippen LogP contribution is -2.59. The van der Waals surface area contributed by atoms with Crippen LogP contribution >= 0.6 is 0 Å². The average molecular weight is 1290 g/mol. The molecule has 0 spiro atoms. The van der Waals surface area contributed by atoms with Gasteiger partial charge in [-0.1, -0.05) is 13.8 Å². The first-order valence-corrected chi connectivity index (χ1v) is 31.6. The van der Waals surface area contributed by atoms with Gasteiger partial charge in [0.25, 0.3) is 0 Å². The molecule has 0 radical (unpaired) electrons. The molecule has 3 amide bonds. The third kappa shape index (κ3) is 63.2. The second kappa shape index (κ2) is 67.5. The Balaban J connectivity index is 5.34. The third-order valence-electron chi connectivity index (χ3n) is 12.3. The highest BCUT2D eigenvalue weighted by Gasteiger charge is 2.34. The zero-order valence-electron chi connectivity index (χ0n) is 54.7. The molecule has 0 aliphatic heterocycles. The Morgan fingerprint density at radius 2 is 0.562 bits per heavy atom. The Morgan fingerprint density at radius 1 is 0.281 bits per heavy atom. The summed E-state index contributed by atoms with van der Waals surface area (Å²) in [5, 5.41) is 8.61. The summed E-state index contributed by atoms with van der Waals surface area (Å²) in [6.07, 6.45) is 3.02. The first-order valence-electron chi connectivity index (χ1n) is 31.6. The van der Waals surface area contributed by atoms with Crippen molar-refractivity contribution in [2.24, 2.45) is 5.92 Å². The Bertz CT molecular complexity index is 1520. The maximum absolute atomic E-state index is 13.7. The van der Waals surface area contributed by atoms with Crippen molar-refractivity contribution in [2.45, 2.75) is 90.0 Å². The Kier molecular flexibility index (Phi) is 65.0. The number of ketones is 3. The highest BCUT2D eigenvalue weighted by atomic mass is 16.6. The average Bonchev–Trinajstić information content (AvgIpc) is 3.67. The molecule has 0 fully saturated rings. The molecule has 0 aromatic rings. The number of hydrogen-bond donors (Lipinski definition) is 3. The molecule has 3 N–H and O–H groups in total. The monoisotopic (exact) mass is 1290 g/mol. The van der Waals surface area contributed by atoms with Gasteiger partial charge in [0.2, 0.25) is 17.7 Å². The van der Waals surface area contributed by atoms with Crippen LogP contribution in [-0.4, -0.2) is 306 Å². The number of rotatable bonds is 74. The van der Waals surface area contributed by atoms with Gasteiger partial charge in [0, 0.05) is 105 Å². The normalized spacial score (nSPS) is 11.7. The van der Waals surface area contributed by atoms with Gasteiger partial charge in [-0.15, -0.1) is 0 Å². The smallest absolute Gasteiger partial charge is 0.222 e. The Labute approximate surface area is 529 Å². The van der Waals surface area contributed by atoms with Crippen molar-refractivity contribution in [3.63, 3.8) is 0 Å². The van der Waals surface area contributed by atoms with E-state index in [0.29, 0.717) is 204 Å². The minimum Gasteiger partial charge on any atom is -0.382 e. The molecule has 28 heteroatoms. The molecule has 0 aromatic heterocycles. The minimum atomic E-state index is -1.30. The standard InChI is InChI=1S/C61H115N3O25/c1-54(2)57(67)11-6-12-58(68)62-17-25-77-36-42-86-50-49-84-40-35-76-23-16-60(70)64-61(51-87-21-13-55(65)9-7-19-74-33-38-82-46-43-79-30-27-71-3,52-88-22-14-56(66)10-8-20-75-34-39-83-47-44-80-31-28-72-4)53-89-24-15-59(69)63-18-26-78-37-41-85-48-45-81-32-29-73-5/h54H,6-53H2,1-5H3,(H,62,68)(H,63,69)(H,64,70). The van der Waals surface area contributed by atoms with Crippen LogP contribution in [0.3, 0.4) is 0 Å². The first-order chi connectivity index (χ1) is 43.5. The predicted octanol–water partition coefficient (Wildman–Crippen LogP) is 1.93. The van der Waals surface area contributed by atoms with Crippen LogP contribution in [0.25, 0.3) is 0 Å². The van der Waals surface area contributed by atoms with Crippen LogP contribution in [0.5, 0.6) is 0 Å². The van der Waals surface area contributed by atoms with Crippen LogP contribution < -0.4 is 16.0 Å². The number of carbonyl (C=O) groups is 6. The summed E-state index contributed by atoms with van der Waals surface area (Å²) in [5.74, 6) is -0.711. The van der Waals surface area contributed by atoms with Gasteiger partial charge in [-0.05, 0) is 19.3 Å². The zero-order chi connectivity index (χ0) is 65.0. The molecule has 28 nitrogen and oxygen atoms in total. The van der Waals surface area contributed by atoms with Crippen LogP contribution in [0.2, 0.25) is 0 Å². The molecule has 0 bridgehead atoms. The van der Waals surface area contributed by atoms with E-state index in [2.05, 4.69) is 16.0 Å². The second-order valence-corrected chi connectivity index (χ2v) is 20.4. The summed E-state index contributed by atoms with van der Waals surface area (Å²) in [4.78, 5) is 75.9. The fraction of sp³-hybridized carbons (Fsp3) is 0.902. The van der Waals surface area contributed by atoms with Crippen molar-refractivity contribution in [2.75, 3.05) is 266 Å². The van der Waals surface area contributed by atoms with Gasteiger partial charge in [-0.2, -0.15) is 0 Å². The molecule has 0 heterocycles. The van der Waals surface area contributed by atoms with E-state index < -0.39 is 11.4 Å². The van der Waals surface area contributed by atoms with E-state index in [9.17, 15) is 28.8 Å². The van der Waals surface area contributed by atoms with E-state index in [1.54, 1.807) is 21.3 Å². The molecule has 0 saturated heterocycles. The van der Waals surface area contributed by atoms with E-state index in [-0.39, 0.29) is 146 Å². The number of carbonyl (C=O) groups excluding carboxylic acids is 6. The predicted molar refractivity (Wildman–Crippen MR) is 326 cm³/mol. The second-order valence-electron chi connectivity index (χ2n) is 20.4. The van der Waals surface area contributed by atoms with Gasteiger partial charge >= 0.3 is 0 Å². The SMILES string of the molecule is COCCOCCOCCOCCCC(=O)CCOCC(COCCC(=O)CCCOCCOCCOCCOC)(COCCC(=O)NCCOCCOCCOCCOC)NC(=O)CCOCCOCCOCCOCCNC(=O)CCCC(=O)C(C)C. The van der Waals surface area contributed by atoms with E-state index in [4.69, 9.17) is 90.0 Å². The van der Waals surface area contributed by atoms with E-state index >= 15 is 0 Å². The van der Waals surface area contributed by atoms with Gasteiger partial charge in [0.1, 0.15) is 22.9 Å². The fourth-order valence-corrected chi connectivity index (χ4v) is 7.32.